The molecule has 7 heteroatoms. The van der Waals surface area contributed by atoms with Crippen molar-refractivity contribution >= 4 is 23.3 Å². The maximum atomic E-state index is 12.5. The molecule has 2 heterocycles. The van der Waals surface area contributed by atoms with Gasteiger partial charge in [0, 0.05) is 30.0 Å². The van der Waals surface area contributed by atoms with Gasteiger partial charge in [0.05, 0.1) is 17.8 Å². The van der Waals surface area contributed by atoms with Crippen molar-refractivity contribution in [2.75, 3.05) is 5.32 Å². The molecule has 0 aliphatic heterocycles. The Balaban J connectivity index is 1.73. The highest BCUT2D eigenvalue weighted by atomic mass is 35.5. The maximum Gasteiger partial charge on any atom is 0.260 e. The van der Waals surface area contributed by atoms with E-state index in [1.54, 1.807) is 15.4 Å². The summed E-state index contributed by atoms with van der Waals surface area (Å²) in [6.07, 6.45) is 1.82. The number of anilines is 1. The Morgan fingerprint density at radius 2 is 2.04 bits per heavy atom. The molecule has 0 unspecified atom stereocenters. The Labute approximate surface area is 145 Å². The van der Waals surface area contributed by atoms with Gasteiger partial charge < -0.3 is 5.32 Å². The first-order valence-corrected chi connectivity index (χ1v) is 7.91. The third kappa shape index (κ3) is 3.33. The van der Waals surface area contributed by atoms with E-state index in [0.29, 0.717) is 28.6 Å². The van der Waals surface area contributed by atoms with Crippen LogP contribution >= 0.6 is 11.6 Å². The highest BCUT2D eigenvalue weighted by Crippen LogP contribution is 2.15. The molecular weight excluding hydrogens is 326 g/mol. The number of aromatic nitrogens is 4. The molecule has 0 fully saturated rings. The van der Waals surface area contributed by atoms with E-state index < -0.39 is 0 Å². The first kappa shape index (κ1) is 16.3. The molecule has 3 rings (SSSR count). The molecule has 0 aliphatic rings. The Hall–Kier alpha value is -2.60. The average molecular weight is 344 g/mol. The van der Waals surface area contributed by atoms with Crippen LogP contribution in [0.2, 0.25) is 5.02 Å². The molecule has 1 N–H and O–H groups in total. The summed E-state index contributed by atoms with van der Waals surface area (Å²) in [6, 6.07) is 9.37. The van der Waals surface area contributed by atoms with Gasteiger partial charge in [-0.2, -0.15) is 10.2 Å². The molecule has 0 aliphatic carbocycles. The number of benzene rings is 1. The van der Waals surface area contributed by atoms with Crippen molar-refractivity contribution in [2.24, 2.45) is 7.05 Å². The summed E-state index contributed by atoms with van der Waals surface area (Å²) in [5.41, 5.74) is 3.15. The van der Waals surface area contributed by atoms with Crippen LogP contribution in [0.3, 0.4) is 0 Å². The molecule has 2 aromatic heterocycles. The van der Waals surface area contributed by atoms with E-state index in [1.165, 1.54) is 0 Å². The monoisotopic (exact) mass is 343 g/mol. The second kappa shape index (κ2) is 6.49. The number of halogens is 1. The molecule has 0 spiro atoms. The quantitative estimate of drug-likeness (QED) is 0.791. The SMILES string of the molecule is Cc1nn(C)c(C)c1C(=O)Nc1ccn(Cc2cccc(Cl)c2)n1. The van der Waals surface area contributed by atoms with Gasteiger partial charge >= 0.3 is 0 Å². The number of carbonyl (C=O) groups is 1. The summed E-state index contributed by atoms with van der Waals surface area (Å²) in [7, 11) is 1.82. The topological polar surface area (TPSA) is 64.7 Å². The Morgan fingerprint density at radius 3 is 2.71 bits per heavy atom. The zero-order valence-electron chi connectivity index (χ0n) is 13.7. The molecule has 3 aromatic rings. The van der Waals surface area contributed by atoms with Crippen LogP contribution < -0.4 is 5.32 Å². The van der Waals surface area contributed by atoms with Gasteiger partial charge in [-0.05, 0) is 31.5 Å². The second-order valence-corrected chi connectivity index (χ2v) is 6.09. The number of hydrogen-bond acceptors (Lipinski definition) is 3. The van der Waals surface area contributed by atoms with E-state index in [1.807, 2.05) is 51.4 Å². The van der Waals surface area contributed by atoms with Crippen LogP contribution in [-0.4, -0.2) is 25.5 Å². The highest BCUT2D eigenvalue weighted by Gasteiger charge is 2.18. The van der Waals surface area contributed by atoms with Crippen LogP contribution in [0.15, 0.2) is 36.5 Å². The predicted octanol–water partition coefficient (Wildman–Crippen LogP) is 3.19. The summed E-state index contributed by atoms with van der Waals surface area (Å²) in [5, 5.41) is 12.2. The third-order valence-corrected chi connectivity index (χ3v) is 4.09. The molecule has 0 saturated heterocycles. The van der Waals surface area contributed by atoms with Gasteiger partial charge in [-0.3, -0.25) is 14.2 Å². The number of rotatable bonds is 4. The van der Waals surface area contributed by atoms with E-state index in [4.69, 9.17) is 11.6 Å². The van der Waals surface area contributed by atoms with E-state index in [-0.39, 0.29) is 5.91 Å². The third-order valence-electron chi connectivity index (χ3n) is 3.85. The van der Waals surface area contributed by atoms with Crippen LogP contribution in [-0.2, 0) is 13.6 Å². The fraction of sp³-hybridized carbons (Fsp3) is 0.235. The zero-order chi connectivity index (χ0) is 17.3. The van der Waals surface area contributed by atoms with Crippen molar-refractivity contribution in [1.29, 1.82) is 0 Å². The molecule has 124 valence electrons. The fourth-order valence-corrected chi connectivity index (χ4v) is 2.83. The normalized spacial score (nSPS) is 10.8. The van der Waals surface area contributed by atoms with Crippen LogP contribution in [0, 0.1) is 13.8 Å². The second-order valence-electron chi connectivity index (χ2n) is 5.65. The molecule has 6 nitrogen and oxygen atoms in total. The van der Waals surface area contributed by atoms with E-state index in [0.717, 1.165) is 11.3 Å². The van der Waals surface area contributed by atoms with E-state index in [2.05, 4.69) is 15.5 Å². The van der Waals surface area contributed by atoms with Crippen molar-refractivity contribution in [3.8, 4) is 0 Å². The highest BCUT2D eigenvalue weighted by molar-refractivity contribution is 6.30. The minimum atomic E-state index is -0.203. The number of nitrogens with one attached hydrogen (secondary N) is 1. The number of aryl methyl sites for hydroxylation is 2. The number of hydrogen-bond donors (Lipinski definition) is 1. The average Bonchev–Trinajstić information content (AvgIpc) is 3.04. The van der Waals surface area contributed by atoms with Crippen molar-refractivity contribution in [2.45, 2.75) is 20.4 Å². The van der Waals surface area contributed by atoms with Gasteiger partial charge in [0.15, 0.2) is 5.82 Å². The lowest BCUT2D eigenvalue weighted by atomic mass is 10.2. The summed E-state index contributed by atoms with van der Waals surface area (Å²) in [5.74, 6) is 0.302. The summed E-state index contributed by atoms with van der Waals surface area (Å²) in [4.78, 5) is 12.5. The van der Waals surface area contributed by atoms with Gasteiger partial charge in [-0.25, -0.2) is 0 Å². The largest absolute Gasteiger partial charge is 0.305 e. The van der Waals surface area contributed by atoms with Crippen LogP contribution in [0.5, 0.6) is 0 Å². The number of nitrogens with zero attached hydrogens (tertiary/aromatic N) is 4. The van der Waals surface area contributed by atoms with Gasteiger partial charge in [-0.1, -0.05) is 23.7 Å². The fourth-order valence-electron chi connectivity index (χ4n) is 2.62. The lowest BCUT2D eigenvalue weighted by Crippen LogP contribution is -2.15. The molecule has 0 saturated carbocycles. The number of carbonyl (C=O) groups excluding carboxylic acids is 1. The standard InChI is InChI=1S/C17H18ClN5O/c1-11-16(12(2)22(3)20-11)17(24)19-15-7-8-23(21-15)10-13-5-4-6-14(18)9-13/h4-9H,10H2,1-3H3,(H,19,21,24). The first-order valence-electron chi connectivity index (χ1n) is 7.53. The lowest BCUT2D eigenvalue weighted by Gasteiger charge is -2.04. The Morgan fingerprint density at radius 1 is 1.25 bits per heavy atom. The van der Waals surface area contributed by atoms with E-state index >= 15 is 0 Å². The molecular formula is C17H18ClN5O. The summed E-state index contributed by atoms with van der Waals surface area (Å²) >= 11 is 5.99. The van der Waals surface area contributed by atoms with Crippen LogP contribution in [0.1, 0.15) is 27.3 Å². The summed E-state index contributed by atoms with van der Waals surface area (Å²) in [6.45, 7) is 4.27. The van der Waals surface area contributed by atoms with Gasteiger partial charge in [0.25, 0.3) is 5.91 Å². The minimum Gasteiger partial charge on any atom is -0.305 e. The molecule has 0 bridgehead atoms. The molecule has 24 heavy (non-hydrogen) atoms. The molecule has 0 atom stereocenters. The Bertz CT molecular complexity index is 896. The van der Waals surface area contributed by atoms with Crippen molar-refractivity contribution in [3.05, 3.63) is 64.1 Å². The van der Waals surface area contributed by atoms with Crippen molar-refractivity contribution in [3.63, 3.8) is 0 Å². The first-order chi connectivity index (χ1) is 11.4. The molecule has 0 radical (unpaired) electrons. The van der Waals surface area contributed by atoms with Crippen molar-refractivity contribution in [1.82, 2.24) is 19.6 Å². The van der Waals surface area contributed by atoms with Crippen LogP contribution in [0.4, 0.5) is 5.82 Å². The smallest absolute Gasteiger partial charge is 0.260 e. The van der Waals surface area contributed by atoms with Crippen molar-refractivity contribution < 1.29 is 4.79 Å². The number of amides is 1. The zero-order valence-corrected chi connectivity index (χ0v) is 14.5. The molecule has 1 amide bonds. The Kier molecular flexibility index (Phi) is 4.40. The summed E-state index contributed by atoms with van der Waals surface area (Å²) < 4.78 is 3.45. The van der Waals surface area contributed by atoms with Gasteiger partial charge in [0.1, 0.15) is 0 Å². The van der Waals surface area contributed by atoms with Gasteiger partial charge in [-0.15, -0.1) is 0 Å². The lowest BCUT2D eigenvalue weighted by molar-refractivity contribution is 0.102. The van der Waals surface area contributed by atoms with E-state index in [9.17, 15) is 4.79 Å². The molecule has 1 aromatic carbocycles. The van der Waals surface area contributed by atoms with Gasteiger partial charge in [0.2, 0.25) is 0 Å². The predicted molar refractivity (Wildman–Crippen MR) is 93.4 cm³/mol. The minimum absolute atomic E-state index is 0.203. The maximum absolute atomic E-state index is 12.5. The van der Waals surface area contributed by atoms with Crippen LogP contribution in [0.25, 0.3) is 0 Å².